The van der Waals surface area contributed by atoms with E-state index in [2.05, 4.69) is 54.7 Å². The molecule has 1 aliphatic carbocycles. The Kier molecular flexibility index (Phi) is 5.08. The van der Waals surface area contributed by atoms with E-state index in [0.29, 0.717) is 6.04 Å². The molecule has 0 spiro atoms. The first-order valence-corrected chi connectivity index (χ1v) is 8.03. The molecule has 4 heteroatoms. The number of aromatic nitrogens is 2. The summed E-state index contributed by atoms with van der Waals surface area (Å²) in [6, 6.07) is 0.505. The van der Waals surface area contributed by atoms with Crippen LogP contribution in [-0.2, 0) is 13.6 Å². The molecule has 1 fully saturated rings. The van der Waals surface area contributed by atoms with Crippen LogP contribution in [0.5, 0.6) is 0 Å². The van der Waals surface area contributed by atoms with Crippen LogP contribution >= 0.6 is 0 Å². The minimum absolute atomic E-state index is 0.505. The molecule has 1 heterocycles. The van der Waals surface area contributed by atoms with E-state index >= 15 is 0 Å². The van der Waals surface area contributed by atoms with E-state index in [4.69, 9.17) is 0 Å². The molecule has 20 heavy (non-hydrogen) atoms. The van der Waals surface area contributed by atoms with Crippen LogP contribution in [0.3, 0.4) is 0 Å². The summed E-state index contributed by atoms with van der Waals surface area (Å²) in [7, 11) is 2.08. The van der Waals surface area contributed by atoms with Gasteiger partial charge in [-0.25, -0.2) is 0 Å². The van der Waals surface area contributed by atoms with Gasteiger partial charge in [0.05, 0.1) is 5.69 Å². The highest BCUT2D eigenvalue weighted by Crippen LogP contribution is 2.33. The first-order valence-electron chi connectivity index (χ1n) is 8.03. The molecule has 0 aromatic carbocycles. The number of rotatable bonds is 8. The summed E-state index contributed by atoms with van der Waals surface area (Å²) in [6.07, 6.45) is 3.99. The lowest BCUT2D eigenvalue weighted by Gasteiger charge is -2.26. The lowest BCUT2D eigenvalue weighted by atomic mass is 10.2. The third kappa shape index (κ3) is 3.75. The van der Waals surface area contributed by atoms with Gasteiger partial charge in [0, 0.05) is 38.3 Å². The Hall–Kier alpha value is -1.03. The van der Waals surface area contributed by atoms with Gasteiger partial charge >= 0.3 is 0 Å². The van der Waals surface area contributed by atoms with Gasteiger partial charge in [-0.1, -0.05) is 20.8 Å². The maximum atomic E-state index is 4.65. The van der Waals surface area contributed by atoms with Gasteiger partial charge in [0.1, 0.15) is 5.82 Å². The molecular weight excluding hydrogens is 248 g/mol. The van der Waals surface area contributed by atoms with Crippen molar-refractivity contribution < 1.29 is 0 Å². The normalized spacial score (nSPS) is 15.1. The number of hydrogen-bond donors (Lipinski definition) is 1. The van der Waals surface area contributed by atoms with E-state index in [0.717, 1.165) is 24.7 Å². The number of nitrogens with zero attached hydrogens (tertiary/aromatic N) is 3. The van der Waals surface area contributed by atoms with Crippen molar-refractivity contribution in [2.75, 3.05) is 18.0 Å². The van der Waals surface area contributed by atoms with Crippen LogP contribution in [0.25, 0.3) is 0 Å². The minimum Gasteiger partial charge on any atom is -0.356 e. The third-order valence-corrected chi connectivity index (χ3v) is 3.97. The van der Waals surface area contributed by atoms with Gasteiger partial charge in [-0.15, -0.1) is 0 Å². The van der Waals surface area contributed by atoms with Crippen molar-refractivity contribution in [1.29, 1.82) is 0 Å². The lowest BCUT2D eigenvalue weighted by molar-refractivity contribution is 0.584. The average molecular weight is 278 g/mol. The van der Waals surface area contributed by atoms with Crippen LogP contribution in [0.1, 0.15) is 51.3 Å². The van der Waals surface area contributed by atoms with Crippen molar-refractivity contribution in [2.45, 2.75) is 59.5 Å². The first kappa shape index (κ1) is 15.4. The number of aryl methyl sites for hydroxylation is 2. The van der Waals surface area contributed by atoms with E-state index < -0.39 is 0 Å². The Morgan fingerprint density at radius 1 is 1.40 bits per heavy atom. The second-order valence-electron chi connectivity index (χ2n) is 6.44. The smallest absolute Gasteiger partial charge is 0.131 e. The molecule has 1 aromatic rings. The fraction of sp³-hybridized carbons (Fsp3) is 0.812. The predicted molar refractivity (Wildman–Crippen MR) is 85.1 cm³/mol. The van der Waals surface area contributed by atoms with Crippen LogP contribution in [0.15, 0.2) is 0 Å². The van der Waals surface area contributed by atoms with Crippen molar-refractivity contribution >= 4 is 5.82 Å². The highest BCUT2D eigenvalue weighted by Gasteiger charge is 2.27. The molecule has 0 bridgehead atoms. The van der Waals surface area contributed by atoms with Crippen molar-refractivity contribution in [1.82, 2.24) is 15.1 Å². The van der Waals surface area contributed by atoms with Crippen LogP contribution in [0.4, 0.5) is 5.82 Å². The summed E-state index contributed by atoms with van der Waals surface area (Å²) in [4.78, 5) is 2.55. The maximum absolute atomic E-state index is 4.65. The molecule has 1 N–H and O–H groups in total. The summed E-state index contributed by atoms with van der Waals surface area (Å²) in [5, 5.41) is 8.20. The molecule has 1 saturated carbocycles. The Morgan fingerprint density at radius 2 is 2.10 bits per heavy atom. The highest BCUT2D eigenvalue weighted by molar-refractivity contribution is 5.50. The van der Waals surface area contributed by atoms with E-state index in [9.17, 15) is 0 Å². The van der Waals surface area contributed by atoms with Crippen LogP contribution in [-0.4, -0.2) is 28.9 Å². The van der Waals surface area contributed by atoms with E-state index in [1.165, 1.54) is 37.2 Å². The number of hydrogen-bond acceptors (Lipinski definition) is 3. The fourth-order valence-corrected chi connectivity index (χ4v) is 2.76. The largest absolute Gasteiger partial charge is 0.356 e. The molecule has 0 amide bonds. The first-order chi connectivity index (χ1) is 9.52. The average Bonchev–Trinajstić information content (AvgIpc) is 3.12. The highest BCUT2D eigenvalue weighted by atomic mass is 15.4. The monoisotopic (exact) mass is 278 g/mol. The maximum Gasteiger partial charge on any atom is 0.131 e. The SMILES string of the molecule is CCCN(CC1CC1)c1c(CNC(C)C)c(C)nn1C. The number of anilines is 1. The van der Waals surface area contributed by atoms with Crippen LogP contribution < -0.4 is 10.2 Å². The Labute approximate surface area is 123 Å². The zero-order chi connectivity index (χ0) is 14.7. The molecule has 1 aromatic heterocycles. The molecule has 0 unspecified atom stereocenters. The lowest BCUT2D eigenvalue weighted by Crippen LogP contribution is -2.31. The number of nitrogens with one attached hydrogen (secondary N) is 1. The molecular formula is C16H30N4. The Balaban J connectivity index is 2.21. The molecule has 114 valence electrons. The van der Waals surface area contributed by atoms with Gasteiger partial charge < -0.3 is 10.2 Å². The summed E-state index contributed by atoms with van der Waals surface area (Å²) in [6.45, 7) is 12.0. The van der Waals surface area contributed by atoms with Gasteiger partial charge in [-0.3, -0.25) is 4.68 Å². The molecule has 1 aliphatic rings. The summed E-state index contributed by atoms with van der Waals surface area (Å²) >= 11 is 0. The van der Waals surface area contributed by atoms with Crippen molar-refractivity contribution in [2.24, 2.45) is 13.0 Å². The van der Waals surface area contributed by atoms with Gasteiger partial charge in [0.25, 0.3) is 0 Å². The Bertz CT molecular complexity index is 432. The molecule has 0 aliphatic heterocycles. The predicted octanol–water partition coefficient (Wildman–Crippen LogP) is 2.85. The van der Waals surface area contributed by atoms with Gasteiger partial charge in [-0.05, 0) is 32.1 Å². The van der Waals surface area contributed by atoms with Gasteiger partial charge in [0.15, 0.2) is 0 Å². The van der Waals surface area contributed by atoms with Crippen molar-refractivity contribution in [3.8, 4) is 0 Å². The Morgan fingerprint density at radius 3 is 2.65 bits per heavy atom. The molecule has 2 rings (SSSR count). The zero-order valence-electron chi connectivity index (χ0n) is 13.7. The fourth-order valence-electron chi connectivity index (χ4n) is 2.76. The quantitative estimate of drug-likeness (QED) is 0.794. The summed E-state index contributed by atoms with van der Waals surface area (Å²) in [5.74, 6) is 2.23. The topological polar surface area (TPSA) is 33.1 Å². The van der Waals surface area contributed by atoms with E-state index in [1.807, 2.05) is 0 Å². The van der Waals surface area contributed by atoms with E-state index in [-0.39, 0.29) is 0 Å². The van der Waals surface area contributed by atoms with Crippen molar-refractivity contribution in [3.05, 3.63) is 11.3 Å². The van der Waals surface area contributed by atoms with Gasteiger partial charge in [-0.2, -0.15) is 5.10 Å². The van der Waals surface area contributed by atoms with Crippen LogP contribution in [0, 0.1) is 12.8 Å². The summed E-state index contributed by atoms with van der Waals surface area (Å²) < 4.78 is 2.07. The van der Waals surface area contributed by atoms with Gasteiger partial charge in [0.2, 0.25) is 0 Å². The second-order valence-corrected chi connectivity index (χ2v) is 6.44. The van der Waals surface area contributed by atoms with Crippen LogP contribution in [0.2, 0.25) is 0 Å². The second kappa shape index (κ2) is 6.61. The minimum atomic E-state index is 0.505. The zero-order valence-corrected chi connectivity index (χ0v) is 13.7. The standard InChI is InChI=1S/C16H30N4/c1-6-9-20(11-14-7-8-14)16-15(10-17-12(2)3)13(4)18-19(16)5/h12,14,17H,6-11H2,1-5H3. The van der Waals surface area contributed by atoms with E-state index in [1.54, 1.807) is 0 Å². The summed E-state index contributed by atoms with van der Waals surface area (Å²) in [5.41, 5.74) is 2.53. The molecule has 4 nitrogen and oxygen atoms in total. The van der Waals surface area contributed by atoms with Crippen molar-refractivity contribution in [3.63, 3.8) is 0 Å². The molecule has 0 radical (unpaired) electrons. The third-order valence-electron chi connectivity index (χ3n) is 3.97. The molecule has 0 atom stereocenters. The molecule has 0 saturated heterocycles.